The summed E-state index contributed by atoms with van der Waals surface area (Å²) in [4.78, 5) is 25.1. The van der Waals surface area contributed by atoms with Gasteiger partial charge in [-0.05, 0) is 5.92 Å². The molecular formula is C14H20N4O2. The molecule has 0 saturated carbocycles. The number of amides is 1. The number of nitrogens with zero attached hydrogens (tertiary/aromatic N) is 4. The number of fused-ring (bicyclic) bond motifs is 1. The normalized spacial score (nSPS) is 18.9. The van der Waals surface area contributed by atoms with Crippen LogP contribution in [0.2, 0.25) is 0 Å². The fourth-order valence-electron chi connectivity index (χ4n) is 2.63. The molecule has 0 unspecified atom stereocenters. The molecule has 2 aliphatic heterocycles. The summed E-state index contributed by atoms with van der Waals surface area (Å²) in [6.45, 7) is 8.62. The maximum atomic E-state index is 12.2. The molecule has 108 valence electrons. The summed E-state index contributed by atoms with van der Waals surface area (Å²) in [5, 5.41) is 0. The second-order valence-electron chi connectivity index (χ2n) is 5.71. The van der Waals surface area contributed by atoms with E-state index in [4.69, 9.17) is 4.74 Å². The Bertz CT molecular complexity index is 512. The van der Waals surface area contributed by atoms with E-state index >= 15 is 0 Å². The summed E-state index contributed by atoms with van der Waals surface area (Å²) in [7, 11) is 0. The van der Waals surface area contributed by atoms with Gasteiger partial charge in [-0.1, -0.05) is 13.8 Å². The number of ether oxygens (including phenoxy) is 1. The molecular weight excluding hydrogens is 256 g/mol. The monoisotopic (exact) mass is 276 g/mol. The number of anilines is 1. The predicted octanol–water partition coefficient (Wildman–Crippen LogP) is 0.925. The van der Waals surface area contributed by atoms with Crippen molar-refractivity contribution in [1.29, 1.82) is 0 Å². The lowest BCUT2D eigenvalue weighted by Gasteiger charge is -2.26. The van der Waals surface area contributed by atoms with Crippen LogP contribution in [0.4, 0.5) is 5.95 Å². The molecule has 1 aromatic rings. The second-order valence-corrected chi connectivity index (χ2v) is 5.71. The van der Waals surface area contributed by atoms with E-state index in [1.807, 2.05) is 4.90 Å². The van der Waals surface area contributed by atoms with Gasteiger partial charge in [0.15, 0.2) is 0 Å². The smallest absolute Gasteiger partial charge is 0.257 e. The van der Waals surface area contributed by atoms with Crippen LogP contribution >= 0.6 is 0 Å². The zero-order chi connectivity index (χ0) is 14.1. The highest BCUT2D eigenvalue weighted by atomic mass is 16.5. The van der Waals surface area contributed by atoms with Crippen molar-refractivity contribution in [3.05, 3.63) is 17.5 Å². The van der Waals surface area contributed by atoms with Crippen molar-refractivity contribution in [3.63, 3.8) is 0 Å². The quantitative estimate of drug-likeness (QED) is 0.822. The molecule has 0 radical (unpaired) electrons. The van der Waals surface area contributed by atoms with E-state index in [0.29, 0.717) is 37.2 Å². The van der Waals surface area contributed by atoms with Gasteiger partial charge < -0.3 is 14.5 Å². The Morgan fingerprint density at radius 3 is 2.80 bits per heavy atom. The average Bonchev–Trinajstić information content (AvgIpc) is 2.75. The number of rotatable bonds is 3. The van der Waals surface area contributed by atoms with Gasteiger partial charge in [-0.15, -0.1) is 0 Å². The Morgan fingerprint density at radius 1 is 1.35 bits per heavy atom. The van der Waals surface area contributed by atoms with Crippen LogP contribution in [0.5, 0.6) is 0 Å². The summed E-state index contributed by atoms with van der Waals surface area (Å²) in [5.41, 5.74) is 1.51. The van der Waals surface area contributed by atoms with Gasteiger partial charge in [-0.25, -0.2) is 9.97 Å². The number of hydrogen-bond acceptors (Lipinski definition) is 5. The fourth-order valence-corrected chi connectivity index (χ4v) is 2.63. The molecule has 0 bridgehead atoms. The van der Waals surface area contributed by atoms with Crippen LogP contribution in [0.15, 0.2) is 6.20 Å². The molecule has 0 N–H and O–H groups in total. The summed E-state index contributed by atoms with van der Waals surface area (Å²) in [5.74, 6) is 1.23. The van der Waals surface area contributed by atoms with Gasteiger partial charge in [-0.3, -0.25) is 4.79 Å². The molecule has 20 heavy (non-hydrogen) atoms. The van der Waals surface area contributed by atoms with Crippen molar-refractivity contribution in [2.24, 2.45) is 5.92 Å². The van der Waals surface area contributed by atoms with Crippen LogP contribution in [0.25, 0.3) is 0 Å². The number of hydrogen-bond donors (Lipinski definition) is 0. The summed E-state index contributed by atoms with van der Waals surface area (Å²) in [6.07, 6.45) is 1.68. The molecule has 0 aromatic carbocycles. The van der Waals surface area contributed by atoms with Gasteiger partial charge in [-0.2, -0.15) is 0 Å². The van der Waals surface area contributed by atoms with Crippen molar-refractivity contribution in [2.45, 2.75) is 20.4 Å². The lowest BCUT2D eigenvalue weighted by molar-refractivity contribution is 0.0759. The van der Waals surface area contributed by atoms with E-state index < -0.39 is 0 Å². The first-order chi connectivity index (χ1) is 9.65. The maximum Gasteiger partial charge on any atom is 0.257 e. The van der Waals surface area contributed by atoms with Crippen LogP contribution in [-0.4, -0.2) is 53.6 Å². The first kappa shape index (κ1) is 13.3. The van der Waals surface area contributed by atoms with Gasteiger partial charge in [0.2, 0.25) is 5.95 Å². The van der Waals surface area contributed by atoms with E-state index in [2.05, 4.69) is 28.7 Å². The van der Waals surface area contributed by atoms with Crippen molar-refractivity contribution in [1.82, 2.24) is 14.9 Å². The summed E-state index contributed by atoms with van der Waals surface area (Å²) >= 11 is 0. The lowest BCUT2D eigenvalue weighted by Crippen LogP contribution is -2.37. The minimum Gasteiger partial charge on any atom is -0.378 e. The first-order valence-corrected chi connectivity index (χ1v) is 7.13. The molecule has 3 heterocycles. The third-order valence-electron chi connectivity index (χ3n) is 3.59. The minimum atomic E-state index is 0.0576. The molecule has 1 saturated heterocycles. The van der Waals surface area contributed by atoms with Gasteiger partial charge in [0.1, 0.15) is 0 Å². The third kappa shape index (κ3) is 2.47. The fraction of sp³-hybridized carbons (Fsp3) is 0.643. The third-order valence-corrected chi connectivity index (χ3v) is 3.59. The van der Waals surface area contributed by atoms with Gasteiger partial charge in [0.05, 0.1) is 31.0 Å². The van der Waals surface area contributed by atoms with Crippen molar-refractivity contribution < 1.29 is 9.53 Å². The van der Waals surface area contributed by atoms with Crippen LogP contribution in [0.3, 0.4) is 0 Å². The Balaban J connectivity index is 1.79. The van der Waals surface area contributed by atoms with Crippen molar-refractivity contribution in [2.75, 3.05) is 37.7 Å². The topological polar surface area (TPSA) is 58.6 Å². The number of carbonyl (C=O) groups is 1. The molecule has 3 rings (SSSR count). The van der Waals surface area contributed by atoms with Crippen LogP contribution in [0.1, 0.15) is 29.9 Å². The van der Waals surface area contributed by atoms with Gasteiger partial charge in [0, 0.05) is 25.8 Å². The summed E-state index contributed by atoms with van der Waals surface area (Å²) < 4.78 is 5.33. The first-order valence-electron chi connectivity index (χ1n) is 7.13. The van der Waals surface area contributed by atoms with Crippen molar-refractivity contribution in [3.8, 4) is 0 Å². The zero-order valence-corrected chi connectivity index (χ0v) is 12.0. The van der Waals surface area contributed by atoms with Crippen LogP contribution in [0, 0.1) is 5.92 Å². The standard InChI is InChI=1S/C14H20N4O2/c1-10(2)8-18-9-12-11(13(18)19)7-15-14(16-12)17-3-5-20-6-4-17/h7,10H,3-6,8-9H2,1-2H3. The maximum absolute atomic E-state index is 12.2. The number of aromatic nitrogens is 2. The molecule has 2 aliphatic rings. The van der Waals surface area contributed by atoms with Gasteiger partial charge in [0.25, 0.3) is 5.91 Å². The molecule has 1 fully saturated rings. The van der Waals surface area contributed by atoms with Gasteiger partial charge >= 0.3 is 0 Å². The molecule has 0 spiro atoms. The Hall–Kier alpha value is -1.69. The Labute approximate surface area is 118 Å². The van der Waals surface area contributed by atoms with E-state index in [0.717, 1.165) is 25.3 Å². The highest BCUT2D eigenvalue weighted by molar-refractivity contribution is 5.97. The Kier molecular flexibility index (Phi) is 3.56. The second kappa shape index (κ2) is 5.36. The zero-order valence-electron chi connectivity index (χ0n) is 12.0. The van der Waals surface area contributed by atoms with E-state index in [1.165, 1.54) is 0 Å². The van der Waals surface area contributed by atoms with E-state index in [9.17, 15) is 4.79 Å². The SMILES string of the molecule is CC(C)CN1Cc2nc(N3CCOCC3)ncc2C1=O. The van der Waals surface area contributed by atoms with Crippen LogP contribution < -0.4 is 4.90 Å². The molecule has 0 aliphatic carbocycles. The molecule has 1 amide bonds. The van der Waals surface area contributed by atoms with Crippen molar-refractivity contribution >= 4 is 11.9 Å². The largest absolute Gasteiger partial charge is 0.378 e. The van der Waals surface area contributed by atoms with E-state index in [-0.39, 0.29) is 5.91 Å². The van der Waals surface area contributed by atoms with Crippen LogP contribution in [-0.2, 0) is 11.3 Å². The molecule has 6 heteroatoms. The predicted molar refractivity (Wildman–Crippen MR) is 74.6 cm³/mol. The summed E-state index contributed by atoms with van der Waals surface area (Å²) in [6, 6.07) is 0. The number of morpholine rings is 1. The van der Waals surface area contributed by atoms with E-state index in [1.54, 1.807) is 6.20 Å². The molecule has 6 nitrogen and oxygen atoms in total. The Morgan fingerprint density at radius 2 is 2.10 bits per heavy atom. The highest BCUT2D eigenvalue weighted by Crippen LogP contribution is 2.23. The number of carbonyl (C=O) groups excluding carboxylic acids is 1. The lowest BCUT2D eigenvalue weighted by atomic mass is 10.2. The molecule has 0 atom stereocenters. The highest BCUT2D eigenvalue weighted by Gasteiger charge is 2.30. The minimum absolute atomic E-state index is 0.0576. The molecule has 1 aromatic heterocycles. The average molecular weight is 276 g/mol.